The number of carbonyl (C=O) groups is 2. The maximum Gasteiger partial charge on any atom is 0.211 e. The van der Waals surface area contributed by atoms with Crippen LogP contribution in [-0.4, -0.2) is 17.8 Å². The van der Waals surface area contributed by atoms with Crippen molar-refractivity contribution in [1.29, 1.82) is 0 Å². The van der Waals surface area contributed by atoms with Crippen LogP contribution in [0.2, 0.25) is 0 Å². The molecule has 0 aliphatic heterocycles. The van der Waals surface area contributed by atoms with Crippen molar-refractivity contribution in [2.45, 2.75) is 0 Å². The van der Waals surface area contributed by atoms with Crippen LogP contribution < -0.4 is 10.6 Å². The van der Waals surface area contributed by atoms with Crippen molar-refractivity contribution in [1.82, 2.24) is 4.98 Å². The van der Waals surface area contributed by atoms with E-state index in [0.29, 0.717) is 12.8 Å². The molecule has 104 valence electrons. The van der Waals surface area contributed by atoms with E-state index < -0.39 is 0 Å². The number of aromatic amines is 1. The quantitative estimate of drug-likeness (QED) is 0.628. The van der Waals surface area contributed by atoms with E-state index in [-0.39, 0.29) is 0 Å². The van der Waals surface area contributed by atoms with Crippen molar-refractivity contribution in [3.63, 3.8) is 0 Å². The van der Waals surface area contributed by atoms with Gasteiger partial charge in [-0.05, 0) is 35.9 Å². The van der Waals surface area contributed by atoms with Crippen LogP contribution in [0.15, 0.2) is 48.5 Å². The van der Waals surface area contributed by atoms with Gasteiger partial charge in [-0.15, -0.1) is 0 Å². The van der Waals surface area contributed by atoms with Gasteiger partial charge in [0.25, 0.3) is 0 Å². The second-order valence-corrected chi connectivity index (χ2v) is 4.59. The molecule has 2 aromatic carbocycles. The Labute approximate surface area is 121 Å². The highest BCUT2D eigenvalue weighted by molar-refractivity contribution is 5.90. The van der Waals surface area contributed by atoms with Crippen LogP contribution in [0.5, 0.6) is 0 Å². The minimum absolute atomic E-state index is 0.652. The lowest BCUT2D eigenvalue weighted by Gasteiger charge is -2.01. The maximum atomic E-state index is 10.5. The lowest BCUT2D eigenvalue weighted by atomic mass is 10.1. The van der Waals surface area contributed by atoms with Gasteiger partial charge in [0.2, 0.25) is 12.8 Å². The number of H-pyrrole nitrogens is 1. The number of nitrogens with one attached hydrogen (secondary N) is 3. The van der Waals surface area contributed by atoms with Gasteiger partial charge in [-0.3, -0.25) is 9.59 Å². The van der Waals surface area contributed by atoms with E-state index in [1.165, 1.54) is 0 Å². The van der Waals surface area contributed by atoms with Gasteiger partial charge in [0.15, 0.2) is 0 Å². The zero-order valence-corrected chi connectivity index (χ0v) is 11.1. The van der Waals surface area contributed by atoms with Crippen LogP contribution >= 0.6 is 0 Å². The molecule has 5 heteroatoms. The zero-order chi connectivity index (χ0) is 14.7. The molecule has 0 atom stereocenters. The molecule has 0 aliphatic carbocycles. The normalized spacial score (nSPS) is 10.3. The van der Waals surface area contributed by atoms with Crippen molar-refractivity contribution in [3.8, 4) is 11.3 Å². The molecule has 3 rings (SSSR count). The Bertz CT molecular complexity index is 791. The first kappa shape index (κ1) is 12.9. The number of anilines is 2. The Morgan fingerprint density at radius 1 is 0.810 bits per heavy atom. The van der Waals surface area contributed by atoms with Crippen LogP contribution in [-0.2, 0) is 9.59 Å². The zero-order valence-electron chi connectivity index (χ0n) is 11.1. The Morgan fingerprint density at radius 3 is 2.19 bits per heavy atom. The summed E-state index contributed by atoms with van der Waals surface area (Å²) >= 11 is 0. The molecule has 0 fully saturated rings. The van der Waals surface area contributed by atoms with Crippen molar-refractivity contribution >= 4 is 35.1 Å². The standard InChI is InChI=1S/C16H13N3O2/c20-9-17-13-4-1-11(2-5-13)15-7-12-3-6-14(18-10-21)8-16(12)19-15/h1-10,19H,(H,17,20)(H,18,21). The average Bonchev–Trinajstić information content (AvgIpc) is 2.92. The molecule has 21 heavy (non-hydrogen) atoms. The fourth-order valence-electron chi connectivity index (χ4n) is 2.25. The first-order valence-corrected chi connectivity index (χ1v) is 6.44. The number of rotatable bonds is 5. The van der Waals surface area contributed by atoms with Crippen molar-refractivity contribution in [2.75, 3.05) is 10.6 Å². The Morgan fingerprint density at radius 2 is 1.48 bits per heavy atom. The van der Waals surface area contributed by atoms with Crippen molar-refractivity contribution in [2.24, 2.45) is 0 Å². The van der Waals surface area contributed by atoms with Crippen LogP contribution in [0.25, 0.3) is 22.2 Å². The first-order chi connectivity index (χ1) is 10.3. The van der Waals surface area contributed by atoms with Gasteiger partial charge in [-0.1, -0.05) is 18.2 Å². The molecule has 1 heterocycles. The van der Waals surface area contributed by atoms with Gasteiger partial charge >= 0.3 is 0 Å². The summed E-state index contributed by atoms with van der Waals surface area (Å²) in [7, 11) is 0. The van der Waals surface area contributed by atoms with E-state index in [4.69, 9.17) is 0 Å². The molecule has 0 saturated carbocycles. The molecule has 1 aromatic heterocycles. The number of fused-ring (bicyclic) bond motifs is 1. The van der Waals surface area contributed by atoms with Crippen molar-refractivity contribution < 1.29 is 9.59 Å². The SMILES string of the molecule is O=CNc1ccc(-c2cc3ccc(NC=O)cc3[nH]2)cc1. The topological polar surface area (TPSA) is 74.0 Å². The van der Waals surface area contributed by atoms with Gasteiger partial charge in [0.1, 0.15) is 0 Å². The lowest BCUT2D eigenvalue weighted by Crippen LogP contribution is -1.92. The van der Waals surface area contributed by atoms with Crippen LogP contribution in [0, 0.1) is 0 Å². The number of benzene rings is 2. The molecular weight excluding hydrogens is 266 g/mol. The van der Waals surface area contributed by atoms with Crippen molar-refractivity contribution in [3.05, 3.63) is 48.5 Å². The third kappa shape index (κ3) is 2.62. The summed E-state index contributed by atoms with van der Waals surface area (Å²) in [6.07, 6.45) is 1.31. The van der Waals surface area contributed by atoms with E-state index in [0.717, 1.165) is 33.5 Å². The van der Waals surface area contributed by atoms with E-state index >= 15 is 0 Å². The number of amides is 2. The molecule has 3 N–H and O–H groups in total. The third-order valence-electron chi connectivity index (χ3n) is 3.27. The summed E-state index contributed by atoms with van der Waals surface area (Å²) in [5, 5.41) is 6.30. The molecule has 0 aliphatic rings. The third-order valence-corrected chi connectivity index (χ3v) is 3.27. The molecular formula is C16H13N3O2. The van der Waals surface area contributed by atoms with Gasteiger partial charge in [0.05, 0.1) is 0 Å². The van der Waals surface area contributed by atoms with E-state index in [9.17, 15) is 9.59 Å². The summed E-state index contributed by atoms with van der Waals surface area (Å²) in [4.78, 5) is 24.2. The van der Waals surface area contributed by atoms with Crippen LogP contribution in [0.1, 0.15) is 0 Å². The average molecular weight is 279 g/mol. The van der Waals surface area contributed by atoms with E-state index in [2.05, 4.69) is 15.6 Å². The van der Waals surface area contributed by atoms with Gasteiger partial charge in [-0.25, -0.2) is 0 Å². The van der Waals surface area contributed by atoms with Gasteiger partial charge < -0.3 is 15.6 Å². The first-order valence-electron chi connectivity index (χ1n) is 6.44. The molecule has 0 radical (unpaired) electrons. The summed E-state index contributed by atoms with van der Waals surface area (Å²) in [6.45, 7) is 0. The second kappa shape index (κ2) is 5.50. The number of hydrogen-bond acceptors (Lipinski definition) is 2. The number of carbonyl (C=O) groups excluding carboxylic acids is 2. The maximum absolute atomic E-state index is 10.5. The summed E-state index contributed by atoms with van der Waals surface area (Å²) in [6, 6.07) is 15.3. The largest absolute Gasteiger partial charge is 0.354 e. The van der Waals surface area contributed by atoms with Gasteiger partial charge in [-0.2, -0.15) is 0 Å². The fourth-order valence-corrected chi connectivity index (χ4v) is 2.25. The van der Waals surface area contributed by atoms with Crippen LogP contribution in [0.4, 0.5) is 11.4 Å². The molecule has 0 saturated heterocycles. The predicted octanol–water partition coefficient (Wildman–Crippen LogP) is 2.97. The highest BCUT2D eigenvalue weighted by Gasteiger charge is 2.04. The minimum Gasteiger partial charge on any atom is -0.354 e. The summed E-state index contributed by atoms with van der Waals surface area (Å²) < 4.78 is 0. The summed E-state index contributed by atoms with van der Waals surface area (Å²) in [5.41, 5.74) is 4.45. The molecule has 5 nitrogen and oxygen atoms in total. The Hall–Kier alpha value is -3.08. The monoisotopic (exact) mass is 279 g/mol. The highest BCUT2D eigenvalue weighted by Crippen LogP contribution is 2.26. The molecule has 0 spiro atoms. The van der Waals surface area contributed by atoms with Gasteiger partial charge in [0, 0.05) is 28.0 Å². The summed E-state index contributed by atoms with van der Waals surface area (Å²) in [5.74, 6) is 0. The molecule has 2 amide bonds. The lowest BCUT2D eigenvalue weighted by molar-refractivity contribution is -0.106. The molecule has 3 aromatic rings. The fraction of sp³-hybridized carbons (Fsp3) is 0. The van der Waals surface area contributed by atoms with E-state index in [1.54, 1.807) is 0 Å². The van der Waals surface area contributed by atoms with Crippen LogP contribution in [0.3, 0.4) is 0 Å². The molecule has 0 unspecified atom stereocenters. The Kier molecular flexibility index (Phi) is 3.39. The number of aromatic nitrogens is 1. The highest BCUT2D eigenvalue weighted by atomic mass is 16.1. The predicted molar refractivity (Wildman–Crippen MR) is 83.1 cm³/mol. The smallest absolute Gasteiger partial charge is 0.211 e. The van der Waals surface area contributed by atoms with E-state index in [1.807, 2.05) is 48.5 Å². The number of hydrogen-bond donors (Lipinski definition) is 3. The Balaban J connectivity index is 1.96. The second-order valence-electron chi connectivity index (χ2n) is 4.59. The minimum atomic E-state index is 0.652. The molecule has 0 bridgehead atoms.